The van der Waals surface area contributed by atoms with Crippen molar-refractivity contribution in [2.45, 2.75) is 6.92 Å². The predicted molar refractivity (Wildman–Crippen MR) is 70.2 cm³/mol. The normalized spacial score (nSPS) is 15.9. The van der Waals surface area contributed by atoms with E-state index >= 15 is 0 Å². The Morgan fingerprint density at radius 3 is 2.79 bits per heavy atom. The molecule has 1 fully saturated rings. The molecule has 6 nitrogen and oxygen atoms in total. The molecule has 6 heteroatoms. The third-order valence-corrected chi connectivity index (χ3v) is 3.32. The Kier molecular flexibility index (Phi) is 2.87. The van der Waals surface area contributed by atoms with Crippen LogP contribution in [0.4, 0.5) is 0 Å². The standard InChI is InChI=1S/C13H15N3O3/c1-9-14-12-10(13(17)18)3-2-4-11(12)16(9)15-5-7-19-8-6-15/h2-4H,5-8H2,1H3,(H,17,18). The van der Waals surface area contributed by atoms with Crippen LogP contribution in [0.2, 0.25) is 0 Å². The summed E-state index contributed by atoms with van der Waals surface area (Å²) in [6, 6.07) is 5.24. The zero-order valence-electron chi connectivity index (χ0n) is 10.7. The van der Waals surface area contributed by atoms with Crippen LogP contribution in [0.15, 0.2) is 18.2 Å². The Hall–Kier alpha value is -2.08. The molecular formula is C13H15N3O3. The number of nitrogens with zero attached hydrogens (tertiary/aromatic N) is 3. The third-order valence-electron chi connectivity index (χ3n) is 3.32. The molecule has 0 radical (unpaired) electrons. The molecule has 0 unspecified atom stereocenters. The first-order valence-corrected chi connectivity index (χ1v) is 6.23. The molecule has 2 heterocycles. The van der Waals surface area contributed by atoms with Gasteiger partial charge >= 0.3 is 5.97 Å². The summed E-state index contributed by atoms with van der Waals surface area (Å²) < 4.78 is 7.33. The summed E-state index contributed by atoms with van der Waals surface area (Å²) in [4.78, 5) is 15.6. The second kappa shape index (κ2) is 4.55. The van der Waals surface area contributed by atoms with E-state index in [0.717, 1.165) is 24.4 Å². The Morgan fingerprint density at radius 2 is 2.11 bits per heavy atom. The highest BCUT2D eigenvalue weighted by molar-refractivity contribution is 6.01. The van der Waals surface area contributed by atoms with Crippen molar-refractivity contribution >= 4 is 17.0 Å². The number of benzene rings is 1. The number of imidazole rings is 1. The molecule has 2 aromatic rings. The van der Waals surface area contributed by atoms with Gasteiger partial charge in [0.1, 0.15) is 11.3 Å². The van der Waals surface area contributed by atoms with E-state index in [4.69, 9.17) is 4.74 Å². The van der Waals surface area contributed by atoms with E-state index in [1.807, 2.05) is 17.7 Å². The first-order chi connectivity index (χ1) is 9.18. The van der Waals surface area contributed by atoms with Crippen molar-refractivity contribution < 1.29 is 14.6 Å². The molecule has 100 valence electrons. The second-order valence-corrected chi connectivity index (χ2v) is 4.52. The SMILES string of the molecule is Cc1nc2c(C(=O)O)cccc2n1N1CCOCC1. The zero-order valence-corrected chi connectivity index (χ0v) is 10.7. The number of fused-ring (bicyclic) bond motifs is 1. The average Bonchev–Trinajstić information content (AvgIpc) is 2.75. The van der Waals surface area contributed by atoms with Crippen LogP contribution >= 0.6 is 0 Å². The van der Waals surface area contributed by atoms with E-state index in [1.54, 1.807) is 12.1 Å². The third kappa shape index (κ3) is 1.94. The molecule has 1 aromatic heterocycles. The van der Waals surface area contributed by atoms with Crippen molar-refractivity contribution in [3.8, 4) is 0 Å². The van der Waals surface area contributed by atoms with Gasteiger partial charge in [-0.1, -0.05) is 6.07 Å². The number of para-hydroxylation sites is 1. The van der Waals surface area contributed by atoms with Gasteiger partial charge in [-0.15, -0.1) is 0 Å². The molecule has 1 aromatic carbocycles. The number of carboxylic acid groups (broad SMARTS) is 1. The lowest BCUT2D eigenvalue weighted by Crippen LogP contribution is -2.44. The van der Waals surface area contributed by atoms with Gasteiger partial charge in [0.15, 0.2) is 0 Å². The summed E-state index contributed by atoms with van der Waals surface area (Å²) >= 11 is 0. The smallest absolute Gasteiger partial charge is 0.337 e. The molecular weight excluding hydrogens is 246 g/mol. The number of aromatic carboxylic acids is 1. The van der Waals surface area contributed by atoms with E-state index < -0.39 is 5.97 Å². The zero-order chi connectivity index (χ0) is 13.4. The molecule has 1 saturated heterocycles. The van der Waals surface area contributed by atoms with E-state index in [2.05, 4.69) is 9.99 Å². The lowest BCUT2D eigenvalue weighted by molar-refractivity contribution is 0.0699. The van der Waals surface area contributed by atoms with E-state index in [-0.39, 0.29) is 5.56 Å². The highest BCUT2D eigenvalue weighted by atomic mass is 16.5. The van der Waals surface area contributed by atoms with Crippen LogP contribution in [0.5, 0.6) is 0 Å². The fraction of sp³-hybridized carbons (Fsp3) is 0.385. The van der Waals surface area contributed by atoms with Gasteiger partial charge in [0, 0.05) is 0 Å². The molecule has 1 N–H and O–H groups in total. The van der Waals surface area contributed by atoms with Gasteiger partial charge in [0.05, 0.1) is 37.4 Å². The maximum Gasteiger partial charge on any atom is 0.337 e. The molecule has 0 saturated carbocycles. The second-order valence-electron chi connectivity index (χ2n) is 4.52. The van der Waals surface area contributed by atoms with Gasteiger partial charge in [-0.05, 0) is 19.1 Å². The monoisotopic (exact) mass is 261 g/mol. The highest BCUT2D eigenvalue weighted by Gasteiger charge is 2.19. The number of ether oxygens (including phenoxy) is 1. The summed E-state index contributed by atoms with van der Waals surface area (Å²) in [5.74, 6) is -0.150. The molecule has 3 rings (SSSR count). The topological polar surface area (TPSA) is 67.6 Å². The van der Waals surface area contributed by atoms with Gasteiger partial charge < -0.3 is 14.9 Å². The lowest BCUT2D eigenvalue weighted by atomic mass is 10.2. The summed E-state index contributed by atoms with van der Waals surface area (Å²) in [7, 11) is 0. The number of aromatic nitrogens is 2. The van der Waals surface area contributed by atoms with Crippen LogP contribution in [-0.2, 0) is 4.74 Å². The lowest BCUT2D eigenvalue weighted by Gasteiger charge is -2.30. The number of hydrogen-bond acceptors (Lipinski definition) is 4. The Bertz CT molecular complexity index is 629. The van der Waals surface area contributed by atoms with Crippen molar-refractivity contribution in [3.63, 3.8) is 0 Å². The summed E-state index contributed by atoms with van der Waals surface area (Å²) in [5.41, 5.74) is 1.62. The molecule has 0 amide bonds. The minimum atomic E-state index is -0.947. The van der Waals surface area contributed by atoms with Crippen molar-refractivity contribution in [3.05, 3.63) is 29.6 Å². The molecule has 1 aliphatic heterocycles. The van der Waals surface area contributed by atoms with E-state index in [9.17, 15) is 9.90 Å². The largest absolute Gasteiger partial charge is 0.478 e. The van der Waals surface area contributed by atoms with Crippen molar-refractivity contribution in [2.75, 3.05) is 31.3 Å². The number of carbonyl (C=O) groups is 1. The number of aryl methyl sites for hydroxylation is 1. The molecule has 0 aliphatic carbocycles. The number of carboxylic acids is 1. The minimum absolute atomic E-state index is 0.243. The molecule has 0 atom stereocenters. The van der Waals surface area contributed by atoms with Crippen molar-refractivity contribution in [1.82, 2.24) is 9.66 Å². The maximum absolute atomic E-state index is 11.2. The fourth-order valence-electron chi connectivity index (χ4n) is 2.49. The maximum atomic E-state index is 11.2. The Morgan fingerprint density at radius 1 is 1.37 bits per heavy atom. The number of morpholine rings is 1. The summed E-state index contributed by atoms with van der Waals surface area (Å²) in [6.07, 6.45) is 0. The average molecular weight is 261 g/mol. The van der Waals surface area contributed by atoms with E-state index in [0.29, 0.717) is 18.7 Å². The summed E-state index contributed by atoms with van der Waals surface area (Å²) in [6.45, 7) is 4.81. The van der Waals surface area contributed by atoms with Crippen molar-refractivity contribution in [1.29, 1.82) is 0 Å². The van der Waals surface area contributed by atoms with Crippen LogP contribution in [-0.4, -0.2) is 47.0 Å². The molecule has 1 aliphatic rings. The van der Waals surface area contributed by atoms with Gasteiger partial charge in [0.2, 0.25) is 0 Å². The highest BCUT2D eigenvalue weighted by Crippen LogP contribution is 2.20. The van der Waals surface area contributed by atoms with Crippen LogP contribution < -0.4 is 5.01 Å². The Labute approximate surface area is 110 Å². The molecule has 0 bridgehead atoms. The molecule has 0 spiro atoms. The van der Waals surface area contributed by atoms with E-state index in [1.165, 1.54) is 0 Å². The summed E-state index contributed by atoms with van der Waals surface area (Å²) in [5, 5.41) is 11.3. The quantitative estimate of drug-likeness (QED) is 0.874. The van der Waals surface area contributed by atoms with Gasteiger partial charge in [0.25, 0.3) is 0 Å². The van der Waals surface area contributed by atoms with Crippen LogP contribution in [0, 0.1) is 6.92 Å². The first-order valence-electron chi connectivity index (χ1n) is 6.23. The minimum Gasteiger partial charge on any atom is -0.478 e. The Balaban J connectivity index is 2.17. The van der Waals surface area contributed by atoms with Crippen LogP contribution in [0.25, 0.3) is 11.0 Å². The first kappa shape index (κ1) is 12.0. The predicted octanol–water partition coefficient (Wildman–Crippen LogP) is 1.01. The van der Waals surface area contributed by atoms with Gasteiger partial charge in [-0.3, -0.25) is 0 Å². The van der Waals surface area contributed by atoms with Gasteiger partial charge in [-0.2, -0.15) is 0 Å². The van der Waals surface area contributed by atoms with Gasteiger partial charge in [-0.25, -0.2) is 14.5 Å². The fourth-order valence-corrected chi connectivity index (χ4v) is 2.49. The van der Waals surface area contributed by atoms with Crippen LogP contribution in [0.3, 0.4) is 0 Å². The number of rotatable bonds is 2. The number of hydrogen-bond donors (Lipinski definition) is 1. The molecule has 19 heavy (non-hydrogen) atoms. The van der Waals surface area contributed by atoms with Crippen LogP contribution in [0.1, 0.15) is 16.2 Å². The van der Waals surface area contributed by atoms with Crippen molar-refractivity contribution in [2.24, 2.45) is 0 Å².